The van der Waals surface area contributed by atoms with Crippen molar-refractivity contribution in [3.63, 3.8) is 0 Å². The Hall–Kier alpha value is -3.06. The highest BCUT2D eigenvalue weighted by atomic mass is 32.1. The molecule has 1 aliphatic rings. The summed E-state index contributed by atoms with van der Waals surface area (Å²) in [5.74, 6) is -0.00622. The number of hydrogen-bond acceptors (Lipinski definition) is 5. The number of fused-ring (bicyclic) bond motifs is 1. The summed E-state index contributed by atoms with van der Waals surface area (Å²) in [6, 6.07) is 12.2. The molecule has 1 fully saturated rings. The number of likely N-dealkylation sites (tertiary alicyclic amines) is 1. The summed E-state index contributed by atoms with van der Waals surface area (Å²) < 4.78 is 1.71. The molecular formula is C20H17N5OS. The lowest BCUT2D eigenvalue weighted by molar-refractivity contribution is 0.0730. The van der Waals surface area contributed by atoms with E-state index in [0.29, 0.717) is 5.69 Å². The van der Waals surface area contributed by atoms with E-state index >= 15 is 0 Å². The standard InChI is InChI=1S/C20H17N5OS/c26-20(24-10-4-8-17(24)14-6-2-1-3-7-14)16-13-27-19(23-16)15-12-22-25-11-5-9-21-18(15)25/h1-3,5-7,9,11-13,17H,4,8,10H2. The molecular weight excluding hydrogens is 358 g/mol. The normalized spacial score (nSPS) is 16.9. The van der Waals surface area contributed by atoms with Crippen molar-refractivity contribution in [1.82, 2.24) is 24.5 Å². The van der Waals surface area contributed by atoms with Gasteiger partial charge in [0.05, 0.1) is 17.8 Å². The van der Waals surface area contributed by atoms with E-state index in [4.69, 9.17) is 0 Å². The summed E-state index contributed by atoms with van der Waals surface area (Å²) in [5.41, 5.74) is 3.27. The van der Waals surface area contributed by atoms with Crippen LogP contribution in [0.3, 0.4) is 0 Å². The highest BCUT2D eigenvalue weighted by Gasteiger charge is 2.31. The number of nitrogens with zero attached hydrogens (tertiary/aromatic N) is 5. The fourth-order valence-electron chi connectivity index (χ4n) is 3.65. The average molecular weight is 375 g/mol. The van der Waals surface area contributed by atoms with Gasteiger partial charge in [0.2, 0.25) is 0 Å². The second-order valence-electron chi connectivity index (χ2n) is 6.55. The van der Waals surface area contributed by atoms with E-state index in [0.717, 1.165) is 35.6 Å². The van der Waals surface area contributed by atoms with Gasteiger partial charge in [0.25, 0.3) is 5.91 Å². The predicted molar refractivity (Wildman–Crippen MR) is 104 cm³/mol. The van der Waals surface area contributed by atoms with Crippen molar-refractivity contribution in [2.24, 2.45) is 0 Å². The smallest absolute Gasteiger partial charge is 0.273 e. The van der Waals surface area contributed by atoms with Crippen LogP contribution in [0.25, 0.3) is 16.2 Å². The summed E-state index contributed by atoms with van der Waals surface area (Å²) >= 11 is 1.45. The van der Waals surface area contributed by atoms with Gasteiger partial charge in [0, 0.05) is 24.3 Å². The maximum absolute atomic E-state index is 13.1. The Morgan fingerprint density at radius 2 is 2.07 bits per heavy atom. The Morgan fingerprint density at radius 3 is 2.96 bits per heavy atom. The maximum atomic E-state index is 13.1. The minimum atomic E-state index is -0.00622. The van der Waals surface area contributed by atoms with E-state index in [-0.39, 0.29) is 11.9 Å². The van der Waals surface area contributed by atoms with Crippen LogP contribution in [-0.2, 0) is 0 Å². The first-order valence-electron chi connectivity index (χ1n) is 8.91. The summed E-state index contributed by atoms with van der Waals surface area (Å²) in [7, 11) is 0. The monoisotopic (exact) mass is 375 g/mol. The summed E-state index contributed by atoms with van der Waals surface area (Å²) in [6.07, 6.45) is 7.33. The zero-order valence-electron chi connectivity index (χ0n) is 14.5. The van der Waals surface area contributed by atoms with Crippen molar-refractivity contribution in [2.45, 2.75) is 18.9 Å². The number of benzene rings is 1. The van der Waals surface area contributed by atoms with E-state index < -0.39 is 0 Å². The summed E-state index contributed by atoms with van der Waals surface area (Å²) in [4.78, 5) is 24.0. The quantitative estimate of drug-likeness (QED) is 0.546. The van der Waals surface area contributed by atoms with Gasteiger partial charge in [-0.25, -0.2) is 14.5 Å². The van der Waals surface area contributed by atoms with Crippen LogP contribution >= 0.6 is 11.3 Å². The van der Waals surface area contributed by atoms with Gasteiger partial charge in [0.1, 0.15) is 10.7 Å². The highest BCUT2D eigenvalue weighted by molar-refractivity contribution is 7.13. The van der Waals surface area contributed by atoms with E-state index in [9.17, 15) is 4.79 Å². The molecule has 0 radical (unpaired) electrons. The fourth-order valence-corrected chi connectivity index (χ4v) is 4.45. The number of rotatable bonds is 3. The highest BCUT2D eigenvalue weighted by Crippen LogP contribution is 2.34. The fraction of sp³-hybridized carbons (Fsp3) is 0.200. The number of carbonyl (C=O) groups excluding carboxylic acids is 1. The topological polar surface area (TPSA) is 63.4 Å². The van der Waals surface area contributed by atoms with Gasteiger partial charge in [-0.3, -0.25) is 4.79 Å². The van der Waals surface area contributed by atoms with Crippen molar-refractivity contribution in [3.8, 4) is 10.6 Å². The first-order valence-corrected chi connectivity index (χ1v) is 9.79. The number of amides is 1. The molecule has 4 heterocycles. The first-order chi connectivity index (χ1) is 13.3. The molecule has 1 aliphatic heterocycles. The third-order valence-corrected chi connectivity index (χ3v) is 5.81. The third-order valence-electron chi connectivity index (χ3n) is 4.93. The summed E-state index contributed by atoms with van der Waals surface area (Å²) in [6.45, 7) is 0.767. The molecule has 5 rings (SSSR count). The molecule has 134 valence electrons. The Labute approximate surface area is 160 Å². The molecule has 6 nitrogen and oxygen atoms in total. The largest absolute Gasteiger partial charge is 0.330 e. The van der Waals surface area contributed by atoms with E-state index in [2.05, 4.69) is 27.2 Å². The lowest BCUT2D eigenvalue weighted by Gasteiger charge is -2.24. The van der Waals surface area contributed by atoms with Gasteiger partial charge >= 0.3 is 0 Å². The molecule has 0 bridgehead atoms. The van der Waals surface area contributed by atoms with E-state index in [1.165, 1.54) is 16.9 Å². The zero-order chi connectivity index (χ0) is 18.2. The molecule has 1 aromatic carbocycles. The SMILES string of the molecule is O=C(c1csc(-c2cnn3cccnc23)n1)N1CCCC1c1ccccc1. The minimum absolute atomic E-state index is 0.00622. The van der Waals surface area contributed by atoms with Crippen LogP contribution in [0.15, 0.2) is 60.4 Å². The molecule has 1 unspecified atom stereocenters. The number of hydrogen-bond donors (Lipinski definition) is 0. The van der Waals surface area contributed by atoms with Crippen LogP contribution in [0.4, 0.5) is 0 Å². The van der Waals surface area contributed by atoms with Gasteiger partial charge in [-0.2, -0.15) is 5.10 Å². The number of thiazole rings is 1. The van der Waals surface area contributed by atoms with Crippen LogP contribution < -0.4 is 0 Å². The van der Waals surface area contributed by atoms with E-state index in [1.54, 1.807) is 16.9 Å². The molecule has 0 N–H and O–H groups in total. The molecule has 0 spiro atoms. The second kappa shape index (κ2) is 6.59. The minimum Gasteiger partial charge on any atom is -0.330 e. The molecule has 4 aromatic rings. The number of aromatic nitrogens is 4. The lowest BCUT2D eigenvalue weighted by Crippen LogP contribution is -2.30. The van der Waals surface area contributed by atoms with Gasteiger partial charge in [0.15, 0.2) is 5.65 Å². The predicted octanol–water partition coefficient (Wildman–Crippen LogP) is 3.83. The molecule has 1 amide bonds. The average Bonchev–Trinajstić information content (AvgIpc) is 3.46. The summed E-state index contributed by atoms with van der Waals surface area (Å²) in [5, 5.41) is 6.91. The molecule has 7 heteroatoms. The Bertz CT molecular complexity index is 1100. The first kappa shape index (κ1) is 16.1. The van der Waals surface area contributed by atoms with Crippen LogP contribution in [0.2, 0.25) is 0 Å². The van der Waals surface area contributed by atoms with Crippen molar-refractivity contribution in [1.29, 1.82) is 0 Å². The zero-order valence-corrected chi connectivity index (χ0v) is 15.3. The van der Waals surface area contributed by atoms with Crippen LogP contribution in [0.5, 0.6) is 0 Å². The molecule has 27 heavy (non-hydrogen) atoms. The van der Waals surface area contributed by atoms with Gasteiger partial charge in [-0.1, -0.05) is 30.3 Å². The third kappa shape index (κ3) is 2.80. The lowest BCUT2D eigenvalue weighted by atomic mass is 10.0. The molecule has 0 saturated carbocycles. The Morgan fingerprint density at radius 1 is 1.19 bits per heavy atom. The van der Waals surface area contributed by atoms with Crippen molar-refractivity contribution in [2.75, 3.05) is 6.54 Å². The van der Waals surface area contributed by atoms with Crippen molar-refractivity contribution in [3.05, 3.63) is 71.6 Å². The van der Waals surface area contributed by atoms with Crippen LogP contribution in [0, 0.1) is 0 Å². The molecule has 1 atom stereocenters. The van der Waals surface area contributed by atoms with Crippen molar-refractivity contribution >= 4 is 22.9 Å². The van der Waals surface area contributed by atoms with Gasteiger partial charge < -0.3 is 4.90 Å². The van der Waals surface area contributed by atoms with Gasteiger partial charge in [-0.15, -0.1) is 11.3 Å². The number of carbonyl (C=O) groups is 1. The molecule has 0 aliphatic carbocycles. The molecule has 1 saturated heterocycles. The van der Waals surface area contributed by atoms with Crippen LogP contribution in [0.1, 0.15) is 34.9 Å². The van der Waals surface area contributed by atoms with Crippen molar-refractivity contribution < 1.29 is 4.79 Å². The van der Waals surface area contributed by atoms with E-state index in [1.807, 2.05) is 40.7 Å². The van der Waals surface area contributed by atoms with Crippen LogP contribution in [-0.4, -0.2) is 36.9 Å². The maximum Gasteiger partial charge on any atom is 0.273 e. The second-order valence-corrected chi connectivity index (χ2v) is 7.41. The Balaban J connectivity index is 1.45. The van der Waals surface area contributed by atoms with Gasteiger partial charge in [-0.05, 0) is 24.5 Å². The molecule has 3 aromatic heterocycles. The Kier molecular flexibility index (Phi) is 3.94.